The number of aromatic amines is 1. The Morgan fingerprint density at radius 1 is 0.944 bits per heavy atom. The number of aliphatic hydroxyl groups is 1. The Morgan fingerprint density at radius 2 is 1.64 bits per heavy atom. The van der Waals surface area contributed by atoms with E-state index in [4.69, 9.17) is 4.74 Å². The Kier molecular flexibility index (Phi) is 5.63. The van der Waals surface area contributed by atoms with E-state index in [-0.39, 0.29) is 17.3 Å². The van der Waals surface area contributed by atoms with Gasteiger partial charge in [0.1, 0.15) is 11.5 Å². The molecule has 1 aliphatic rings. The molecular formula is C29H27N3O4. The highest BCUT2D eigenvalue weighted by molar-refractivity contribution is 6.51. The molecule has 1 amide bonds. The Bertz CT molecular complexity index is 1520. The van der Waals surface area contributed by atoms with Gasteiger partial charge in [-0.1, -0.05) is 29.8 Å². The van der Waals surface area contributed by atoms with Crippen molar-refractivity contribution in [3.8, 4) is 5.75 Å². The second kappa shape index (κ2) is 8.68. The zero-order chi connectivity index (χ0) is 25.7. The van der Waals surface area contributed by atoms with Crippen LogP contribution in [-0.2, 0) is 9.59 Å². The minimum Gasteiger partial charge on any atom is -0.507 e. The fraction of sp³-hybridized carbons (Fsp3) is 0.207. The fourth-order valence-corrected chi connectivity index (χ4v) is 4.66. The maximum Gasteiger partial charge on any atom is 0.302 e. The van der Waals surface area contributed by atoms with Crippen molar-refractivity contribution < 1.29 is 19.4 Å². The smallest absolute Gasteiger partial charge is 0.302 e. The number of hydrogen-bond donors (Lipinski definition) is 2. The predicted octanol–water partition coefficient (Wildman–Crippen LogP) is 5.43. The van der Waals surface area contributed by atoms with E-state index in [1.54, 1.807) is 31.4 Å². The quantitative estimate of drug-likeness (QED) is 0.230. The number of fused-ring (bicyclic) bond motifs is 1. The van der Waals surface area contributed by atoms with Gasteiger partial charge >= 0.3 is 5.91 Å². The third-order valence-corrected chi connectivity index (χ3v) is 6.84. The Balaban J connectivity index is 1.75. The number of nitrogens with one attached hydrogen (secondary N) is 1. The summed E-state index contributed by atoms with van der Waals surface area (Å²) < 4.78 is 5.29. The molecule has 0 spiro atoms. The molecule has 7 nitrogen and oxygen atoms in total. The molecule has 182 valence electrons. The largest absolute Gasteiger partial charge is 0.507 e. The topological polar surface area (TPSA) is 95.5 Å². The molecule has 1 atom stereocenters. The summed E-state index contributed by atoms with van der Waals surface area (Å²) in [5.74, 6) is -0.837. The number of aliphatic hydroxyl groups excluding tert-OH is 1. The van der Waals surface area contributed by atoms with Gasteiger partial charge in [-0.25, -0.2) is 4.98 Å². The van der Waals surface area contributed by atoms with Gasteiger partial charge in [0, 0.05) is 5.56 Å². The molecule has 1 saturated heterocycles. The number of aromatic nitrogens is 2. The number of ether oxygens (including phenoxy) is 1. The van der Waals surface area contributed by atoms with Crippen LogP contribution in [0.1, 0.15) is 39.4 Å². The highest BCUT2D eigenvalue weighted by Gasteiger charge is 2.48. The summed E-state index contributed by atoms with van der Waals surface area (Å²) in [5.41, 5.74) is 6.53. The average Bonchev–Trinajstić information content (AvgIpc) is 3.38. The van der Waals surface area contributed by atoms with Crippen LogP contribution >= 0.6 is 0 Å². The summed E-state index contributed by atoms with van der Waals surface area (Å²) in [7, 11) is 1.57. The molecule has 5 rings (SSSR count). The Hall–Kier alpha value is -4.39. The van der Waals surface area contributed by atoms with E-state index >= 15 is 0 Å². The highest BCUT2D eigenvalue weighted by Crippen LogP contribution is 2.42. The number of carbonyl (C=O) groups excluding carboxylic acids is 2. The second-order valence-electron chi connectivity index (χ2n) is 9.27. The second-order valence-corrected chi connectivity index (χ2v) is 9.27. The molecule has 4 aromatic rings. The molecule has 0 aliphatic carbocycles. The predicted molar refractivity (Wildman–Crippen MR) is 139 cm³/mol. The van der Waals surface area contributed by atoms with E-state index in [9.17, 15) is 14.7 Å². The van der Waals surface area contributed by atoms with Gasteiger partial charge in [0.05, 0.1) is 29.8 Å². The van der Waals surface area contributed by atoms with Crippen molar-refractivity contribution in [2.75, 3.05) is 12.0 Å². The number of Topliss-reactive ketones (excluding diaryl/α,β-unsaturated/α-hetero) is 1. The van der Waals surface area contributed by atoms with E-state index in [0.29, 0.717) is 22.4 Å². The highest BCUT2D eigenvalue weighted by atomic mass is 16.5. The molecule has 0 radical (unpaired) electrons. The van der Waals surface area contributed by atoms with Crippen molar-refractivity contribution in [3.63, 3.8) is 0 Å². The van der Waals surface area contributed by atoms with Gasteiger partial charge in [0.15, 0.2) is 0 Å². The summed E-state index contributed by atoms with van der Waals surface area (Å²) in [5, 5.41) is 11.4. The SMILES string of the molecule is COc1ccc(C2/C(=C(\O)c3cc(C)ccc3C)C(=O)C(=O)N2c2nc3cc(C)c(C)cc3[nH]2)cc1. The molecule has 7 heteroatoms. The van der Waals surface area contributed by atoms with Gasteiger partial charge in [-0.15, -0.1) is 0 Å². The number of anilines is 1. The summed E-state index contributed by atoms with van der Waals surface area (Å²) in [6.07, 6.45) is 0. The number of amides is 1. The van der Waals surface area contributed by atoms with Gasteiger partial charge < -0.3 is 14.8 Å². The molecule has 0 saturated carbocycles. The number of benzene rings is 3. The summed E-state index contributed by atoms with van der Waals surface area (Å²) in [6.45, 7) is 7.77. The molecule has 1 aromatic heterocycles. The van der Waals surface area contributed by atoms with E-state index in [2.05, 4.69) is 9.97 Å². The first-order valence-electron chi connectivity index (χ1n) is 11.7. The van der Waals surface area contributed by atoms with Gasteiger partial charge in [-0.05, 0) is 80.3 Å². The lowest BCUT2D eigenvalue weighted by molar-refractivity contribution is -0.132. The summed E-state index contributed by atoms with van der Waals surface area (Å²) in [4.78, 5) is 36.1. The van der Waals surface area contributed by atoms with Gasteiger partial charge in [-0.3, -0.25) is 14.5 Å². The molecule has 1 fully saturated rings. The number of nitrogens with zero attached hydrogens (tertiary/aromatic N) is 2. The minimum atomic E-state index is -0.876. The van der Waals surface area contributed by atoms with Crippen molar-refractivity contribution in [3.05, 3.63) is 93.6 Å². The van der Waals surface area contributed by atoms with E-state index in [1.807, 2.05) is 58.0 Å². The van der Waals surface area contributed by atoms with Crippen molar-refractivity contribution >= 4 is 34.4 Å². The van der Waals surface area contributed by atoms with E-state index in [1.165, 1.54) is 4.90 Å². The van der Waals surface area contributed by atoms with Crippen LogP contribution < -0.4 is 9.64 Å². The first kappa shape index (κ1) is 23.4. The number of rotatable bonds is 4. The molecule has 3 aromatic carbocycles. The third kappa shape index (κ3) is 3.73. The van der Waals surface area contributed by atoms with Crippen LogP contribution in [-0.4, -0.2) is 33.9 Å². The summed E-state index contributed by atoms with van der Waals surface area (Å²) >= 11 is 0. The standard InChI is InChI=1S/C29H27N3O4/c1-15-6-7-16(2)21(12-15)26(33)24-25(19-8-10-20(36-5)11-9-19)32(28(35)27(24)34)29-30-22-13-17(3)18(4)14-23(22)31-29/h6-14,25,33H,1-5H3,(H,30,31)/b26-24+. The molecule has 2 heterocycles. The molecular weight excluding hydrogens is 454 g/mol. The maximum absolute atomic E-state index is 13.5. The van der Waals surface area contributed by atoms with Crippen molar-refractivity contribution in [2.45, 2.75) is 33.7 Å². The zero-order valence-electron chi connectivity index (χ0n) is 20.8. The summed E-state index contributed by atoms with van der Waals surface area (Å²) in [6, 6.07) is 15.8. The molecule has 36 heavy (non-hydrogen) atoms. The van der Waals surface area contributed by atoms with Crippen LogP contribution in [0.3, 0.4) is 0 Å². The number of hydrogen-bond acceptors (Lipinski definition) is 5. The van der Waals surface area contributed by atoms with Gasteiger partial charge in [0.25, 0.3) is 5.78 Å². The number of methoxy groups -OCH3 is 1. The molecule has 1 aliphatic heterocycles. The van der Waals surface area contributed by atoms with Crippen LogP contribution in [0.2, 0.25) is 0 Å². The number of H-pyrrole nitrogens is 1. The van der Waals surface area contributed by atoms with E-state index in [0.717, 1.165) is 27.8 Å². The molecule has 2 N–H and O–H groups in total. The number of imidazole rings is 1. The number of ketones is 1. The molecule has 1 unspecified atom stereocenters. The normalized spacial score (nSPS) is 17.2. The first-order chi connectivity index (χ1) is 17.2. The van der Waals surface area contributed by atoms with Crippen LogP contribution in [0.4, 0.5) is 5.95 Å². The lowest BCUT2D eigenvalue weighted by Crippen LogP contribution is -2.30. The fourth-order valence-electron chi connectivity index (χ4n) is 4.66. The number of carbonyl (C=O) groups is 2. The van der Waals surface area contributed by atoms with Crippen LogP contribution in [0.5, 0.6) is 5.75 Å². The lowest BCUT2D eigenvalue weighted by atomic mass is 9.93. The van der Waals surface area contributed by atoms with Crippen LogP contribution in [0.15, 0.2) is 60.2 Å². The zero-order valence-corrected chi connectivity index (χ0v) is 20.8. The van der Waals surface area contributed by atoms with Gasteiger partial charge in [0.2, 0.25) is 5.95 Å². The van der Waals surface area contributed by atoms with Crippen molar-refractivity contribution in [1.82, 2.24) is 9.97 Å². The third-order valence-electron chi connectivity index (χ3n) is 6.84. The average molecular weight is 482 g/mol. The molecule has 0 bridgehead atoms. The maximum atomic E-state index is 13.5. The van der Waals surface area contributed by atoms with Crippen LogP contribution in [0.25, 0.3) is 16.8 Å². The van der Waals surface area contributed by atoms with Gasteiger partial charge in [-0.2, -0.15) is 0 Å². The van der Waals surface area contributed by atoms with Crippen molar-refractivity contribution in [1.29, 1.82) is 0 Å². The van der Waals surface area contributed by atoms with Crippen LogP contribution in [0, 0.1) is 27.7 Å². The minimum absolute atomic E-state index is 0.0201. The lowest BCUT2D eigenvalue weighted by Gasteiger charge is -2.23. The Labute approximate surface area is 209 Å². The monoisotopic (exact) mass is 481 g/mol. The first-order valence-corrected chi connectivity index (χ1v) is 11.7. The van der Waals surface area contributed by atoms with Crippen molar-refractivity contribution in [2.24, 2.45) is 0 Å². The number of aryl methyl sites for hydroxylation is 4. The Morgan fingerprint density at radius 3 is 2.33 bits per heavy atom. The van der Waals surface area contributed by atoms with E-state index < -0.39 is 17.7 Å².